The van der Waals surface area contributed by atoms with Crippen molar-refractivity contribution in [1.29, 1.82) is 0 Å². The fourth-order valence-corrected chi connectivity index (χ4v) is 3.42. The molecule has 0 aromatic heterocycles. The van der Waals surface area contributed by atoms with Crippen molar-refractivity contribution >= 4 is 27.2 Å². The molecule has 1 aliphatic carbocycles. The number of benzene rings is 1. The van der Waals surface area contributed by atoms with Crippen molar-refractivity contribution in [3.8, 4) is 11.5 Å². The maximum atomic E-state index is 11.6. The van der Waals surface area contributed by atoms with E-state index in [9.17, 15) is 39.6 Å². The summed E-state index contributed by atoms with van der Waals surface area (Å²) in [7, 11) is -10.8. The quantitative estimate of drug-likeness (QED) is 0.347. The monoisotopic (exact) mass is 384 g/mol. The summed E-state index contributed by atoms with van der Waals surface area (Å²) >= 11 is 0. The van der Waals surface area contributed by atoms with Gasteiger partial charge in [-0.05, 0) is 12.1 Å². The summed E-state index contributed by atoms with van der Waals surface area (Å²) in [6, 6.07) is 1.66. The molecule has 0 aliphatic heterocycles. The second-order valence-electron chi connectivity index (χ2n) is 4.36. The average molecular weight is 384 g/mol. The van der Waals surface area contributed by atoms with Gasteiger partial charge in [0.1, 0.15) is 17.1 Å². The van der Waals surface area contributed by atoms with Gasteiger partial charge >= 0.3 is 15.6 Å². The van der Waals surface area contributed by atoms with Gasteiger partial charge in [-0.25, -0.2) is 9.13 Å². The molecule has 0 fully saturated rings. The summed E-state index contributed by atoms with van der Waals surface area (Å²) in [6.07, 6.45) is 0. The smallest absolute Gasteiger partial charge is 0.506 e. The highest BCUT2D eigenvalue weighted by atomic mass is 31.3. The molecule has 1 aromatic carbocycles. The Hall–Kier alpha value is -2.20. The van der Waals surface area contributed by atoms with E-state index in [1.807, 2.05) is 0 Å². The molecule has 0 spiro atoms. The summed E-state index contributed by atoms with van der Waals surface area (Å²) in [4.78, 5) is 26.4. The van der Waals surface area contributed by atoms with Crippen molar-refractivity contribution in [2.45, 2.75) is 0 Å². The first-order chi connectivity index (χ1) is 10.8. The van der Waals surface area contributed by atoms with Crippen LogP contribution in [0.4, 0.5) is 0 Å². The van der Waals surface area contributed by atoms with Crippen LogP contribution in [0.15, 0.2) is 23.7 Å². The first-order valence-electron chi connectivity index (χ1n) is 5.75. The first-order valence-corrected chi connectivity index (χ1v) is 8.77. The second-order valence-corrected chi connectivity index (χ2v) is 7.12. The molecule has 12 nitrogen and oxygen atoms in total. The SMILES string of the molecule is O=P(O)(O)OP(=O)(O)Oc1ccc2c(O)c1C(O)=C(O)C(O)=C2O. The van der Waals surface area contributed by atoms with E-state index in [0.717, 1.165) is 12.1 Å². The molecule has 0 saturated carbocycles. The van der Waals surface area contributed by atoms with E-state index in [-0.39, 0.29) is 0 Å². The number of phenolic OH excluding ortho intramolecular Hbond substituents is 1. The lowest BCUT2D eigenvalue weighted by molar-refractivity contribution is 0.229. The predicted molar refractivity (Wildman–Crippen MR) is 76.0 cm³/mol. The third-order valence-electron chi connectivity index (χ3n) is 2.73. The van der Waals surface area contributed by atoms with Gasteiger partial charge in [0.15, 0.2) is 11.5 Å². The third-order valence-corrected chi connectivity index (χ3v) is 4.83. The Kier molecular flexibility index (Phi) is 4.31. The number of aliphatic hydroxyl groups is 4. The predicted octanol–water partition coefficient (Wildman–Crippen LogP) is 1.56. The van der Waals surface area contributed by atoms with Gasteiger partial charge in [0, 0.05) is 0 Å². The Morgan fingerprint density at radius 3 is 1.88 bits per heavy atom. The Balaban J connectivity index is 2.60. The zero-order valence-corrected chi connectivity index (χ0v) is 13.0. The highest BCUT2D eigenvalue weighted by Gasteiger charge is 2.37. The van der Waals surface area contributed by atoms with Crippen LogP contribution in [0.2, 0.25) is 0 Å². The molecule has 8 N–H and O–H groups in total. The summed E-state index contributed by atoms with van der Waals surface area (Å²) in [6.45, 7) is 0. The molecule has 1 atom stereocenters. The Morgan fingerprint density at radius 1 is 0.792 bits per heavy atom. The number of phosphoric ester groups is 1. The van der Waals surface area contributed by atoms with Gasteiger partial charge in [-0.1, -0.05) is 0 Å². The van der Waals surface area contributed by atoms with E-state index in [0.29, 0.717) is 0 Å². The zero-order valence-electron chi connectivity index (χ0n) is 11.3. The van der Waals surface area contributed by atoms with Crippen LogP contribution in [0.1, 0.15) is 11.1 Å². The minimum absolute atomic E-state index is 0.478. The van der Waals surface area contributed by atoms with Crippen molar-refractivity contribution in [2.75, 3.05) is 0 Å². The van der Waals surface area contributed by atoms with Gasteiger partial charge in [-0.2, -0.15) is 4.31 Å². The van der Waals surface area contributed by atoms with Crippen LogP contribution in [0.3, 0.4) is 0 Å². The van der Waals surface area contributed by atoms with E-state index in [1.54, 1.807) is 0 Å². The van der Waals surface area contributed by atoms with Gasteiger partial charge in [-0.3, -0.25) is 4.89 Å². The molecule has 0 radical (unpaired) electrons. The maximum Gasteiger partial charge on any atom is 0.536 e. The minimum Gasteiger partial charge on any atom is -0.506 e. The Labute approximate surface area is 132 Å². The van der Waals surface area contributed by atoms with Gasteiger partial charge < -0.3 is 39.8 Å². The molecular weight excluding hydrogens is 374 g/mol. The number of rotatable bonds is 4. The highest BCUT2D eigenvalue weighted by Crippen LogP contribution is 2.58. The van der Waals surface area contributed by atoms with Crippen molar-refractivity contribution in [3.05, 3.63) is 34.8 Å². The molecule has 0 heterocycles. The number of fused-ring (bicyclic) bond motifs is 2. The first kappa shape index (κ1) is 18.1. The van der Waals surface area contributed by atoms with Crippen LogP contribution in [0, 0.1) is 0 Å². The number of phenols is 1. The maximum absolute atomic E-state index is 11.6. The summed E-state index contributed by atoms with van der Waals surface area (Å²) in [5.41, 5.74) is -1.32. The van der Waals surface area contributed by atoms with E-state index >= 15 is 0 Å². The molecule has 0 amide bonds. The lowest BCUT2D eigenvalue weighted by Crippen LogP contribution is -2.00. The van der Waals surface area contributed by atoms with Crippen molar-refractivity contribution in [2.24, 2.45) is 0 Å². The van der Waals surface area contributed by atoms with Crippen LogP contribution >= 0.6 is 15.6 Å². The fraction of sp³-hybridized carbons (Fsp3) is 0. The molecule has 1 unspecified atom stereocenters. The van der Waals surface area contributed by atoms with E-state index in [2.05, 4.69) is 8.83 Å². The number of aromatic hydroxyl groups is 1. The number of phosphoric acid groups is 2. The number of aliphatic hydroxyl groups excluding tert-OH is 4. The highest BCUT2D eigenvalue weighted by molar-refractivity contribution is 7.60. The molecule has 1 aliphatic rings. The average Bonchev–Trinajstić information content (AvgIpc) is 2.44. The van der Waals surface area contributed by atoms with Gasteiger partial charge in [0.25, 0.3) is 0 Å². The van der Waals surface area contributed by atoms with Crippen LogP contribution in [0.25, 0.3) is 11.5 Å². The molecular formula is C10H10O12P2. The normalized spacial score (nSPS) is 17.5. The number of hydrogen-bond acceptors (Lipinski definition) is 9. The van der Waals surface area contributed by atoms with Crippen molar-refractivity contribution in [1.82, 2.24) is 0 Å². The summed E-state index contributed by atoms with van der Waals surface area (Å²) in [5, 5.41) is 48.5. The van der Waals surface area contributed by atoms with Crippen LogP contribution in [-0.2, 0) is 13.4 Å². The molecule has 1 aromatic rings. The van der Waals surface area contributed by atoms with E-state index in [1.165, 1.54) is 0 Å². The standard InChI is InChI=1S/C10H10O12P2/c11-6-3-1-2-4(21-24(19,20)22-23(16,17)18)5(6)8(13)10(15)9(14)7(3)12/h1-2,11-15H,(H,19,20)(H2,16,17,18). The van der Waals surface area contributed by atoms with Crippen LogP contribution in [0.5, 0.6) is 11.5 Å². The second kappa shape index (κ2) is 5.71. The Morgan fingerprint density at radius 2 is 1.33 bits per heavy atom. The lowest BCUT2D eigenvalue weighted by atomic mass is 10.1. The van der Waals surface area contributed by atoms with Gasteiger partial charge in [0.05, 0.1) is 5.56 Å². The topological polar surface area (TPSA) is 214 Å². The summed E-state index contributed by atoms with van der Waals surface area (Å²) in [5.74, 6) is -6.56. The molecule has 132 valence electrons. The fourth-order valence-electron chi connectivity index (χ4n) is 1.81. The largest absolute Gasteiger partial charge is 0.536 e. The third kappa shape index (κ3) is 3.34. The van der Waals surface area contributed by atoms with Gasteiger partial charge in [-0.15, -0.1) is 0 Å². The number of hydrogen-bond donors (Lipinski definition) is 8. The van der Waals surface area contributed by atoms with Crippen molar-refractivity contribution < 1.29 is 58.2 Å². The molecule has 14 heteroatoms. The Bertz CT molecular complexity index is 863. The van der Waals surface area contributed by atoms with Crippen molar-refractivity contribution in [3.63, 3.8) is 0 Å². The molecule has 0 saturated heterocycles. The summed E-state index contributed by atoms with van der Waals surface area (Å²) < 4.78 is 30.1. The van der Waals surface area contributed by atoms with Crippen LogP contribution in [-0.4, -0.2) is 40.2 Å². The van der Waals surface area contributed by atoms with E-state index in [4.69, 9.17) is 9.79 Å². The zero-order chi connectivity index (χ0) is 18.4. The molecule has 2 bridgehead atoms. The van der Waals surface area contributed by atoms with Crippen LogP contribution < -0.4 is 4.52 Å². The molecule has 2 rings (SSSR count). The minimum atomic E-state index is -5.42. The molecule has 24 heavy (non-hydrogen) atoms. The lowest BCUT2D eigenvalue weighted by Gasteiger charge is -2.16. The van der Waals surface area contributed by atoms with Gasteiger partial charge in [0.2, 0.25) is 11.5 Å². The van der Waals surface area contributed by atoms with E-state index < -0.39 is 61.3 Å².